The first kappa shape index (κ1) is 33.3. The van der Waals surface area contributed by atoms with E-state index in [1.807, 2.05) is 65.6 Å². The number of ether oxygens (including phenoxy) is 2. The van der Waals surface area contributed by atoms with E-state index in [4.69, 9.17) is 20.9 Å². The Hall–Kier alpha value is -5.05. The molecule has 0 saturated carbocycles. The molecule has 5 rings (SSSR count). The van der Waals surface area contributed by atoms with E-state index in [1.165, 1.54) is 11.1 Å². The molecule has 9 nitrogen and oxygen atoms in total. The summed E-state index contributed by atoms with van der Waals surface area (Å²) in [6.45, 7) is 2.08. The fraction of sp³-hybridized carbons (Fsp3) is 0.342. The Morgan fingerprint density at radius 2 is 1.57 bits per heavy atom. The highest BCUT2D eigenvalue weighted by atomic mass is 16.5. The van der Waals surface area contributed by atoms with Crippen LogP contribution in [0.2, 0.25) is 0 Å². The molecule has 1 heterocycles. The van der Waals surface area contributed by atoms with E-state index in [2.05, 4.69) is 34.6 Å². The van der Waals surface area contributed by atoms with Gasteiger partial charge in [0.2, 0.25) is 5.91 Å². The van der Waals surface area contributed by atoms with Crippen molar-refractivity contribution in [1.29, 1.82) is 0 Å². The predicted octanol–water partition coefficient (Wildman–Crippen LogP) is 5.33. The average molecular weight is 636 g/mol. The van der Waals surface area contributed by atoms with E-state index in [0.717, 1.165) is 17.2 Å². The normalized spacial score (nSPS) is 16.5. The van der Waals surface area contributed by atoms with Gasteiger partial charge in [0, 0.05) is 48.8 Å². The molecule has 0 aliphatic carbocycles. The molecule has 9 heteroatoms. The topological polar surface area (TPSA) is 132 Å². The number of methoxy groups -OCH3 is 2. The van der Waals surface area contributed by atoms with Gasteiger partial charge in [0.05, 0.1) is 19.8 Å². The van der Waals surface area contributed by atoms with Crippen molar-refractivity contribution in [2.24, 2.45) is 28.3 Å². The number of rotatable bonds is 13. The highest BCUT2D eigenvalue weighted by Crippen LogP contribution is 2.37. The van der Waals surface area contributed by atoms with Crippen molar-refractivity contribution < 1.29 is 19.1 Å². The Labute approximate surface area is 276 Å². The molecule has 0 spiro atoms. The van der Waals surface area contributed by atoms with Crippen LogP contribution >= 0.6 is 0 Å². The number of benzene rings is 4. The molecule has 1 aliphatic heterocycles. The maximum atomic E-state index is 14.2. The molecule has 4 aromatic carbocycles. The summed E-state index contributed by atoms with van der Waals surface area (Å²) in [6.07, 6.45) is 2.78. The van der Waals surface area contributed by atoms with Gasteiger partial charge in [0.25, 0.3) is 5.91 Å². The Morgan fingerprint density at radius 1 is 0.936 bits per heavy atom. The van der Waals surface area contributed by atoms with Gasteiger partial charge in [0.1, 0.15) is 11.5 Å². The first-order valence-corrected chi connectivity index (χ1v) is 16.3. The molecule has 0 bridgehead atoms. The van der Waals surface area contributed by atoms with Crippen molar-refractivity contribution in [2.75, 3.05) is 40.4 Å². The third-order valence-electron chi connectivity index (χ3n) is 9.08. The van der Waals surface area contributed by atoms with Gasteiger partial charge in [-0.25, -0.2) is 0 Å². The zero-order valence-corrected chi connectivity index (χ0v) is 27.2. The second kappa shape index (κ2) is 16.0. The van der Waals surface area contributed by atoms with Gasteiger partial charge in [0.15, 0.2) is 5.96 Å². The fourth-order valence-electron chi connectivity index (χ4n) is 6.68. The number of amides is 2. The summed E-state index contributed by atoms with van der Waals surface area (Å²) in [7, 11) is 3.17. The minimum absolute atomic E-state index is 0.0373. The number of carbonyl (C=O) groups excluding carboxylic acids is 2. The second-order valence-electron chi connectivity index (χ2n) is 12.1. The smallest absolute Gasteiger partial charge is 0.255 e. The molecule has 2 atom stereocenters. The number of guanidine groups is 1. The Bertz CT molecular complexity index is 1630. The predicted molar refractivity (Wildman–Crippen MR) is 187 cm³/mol. The van der Waals surface area contributed by atoms with Gasteiger partial charge in [-0.2, -0.15) is 0 Å². The van der Waals surface area contributed by atoms with Crippen molar-refractivity contribution in [2.45, 2.75) is 31.6 Å². The van der Waals surface area contributed by atoms with Gasteiger partial charge >= 0.3 is 0 Å². The van der Waals surface area contributed by atoms with Gasteiger partial charge in [-0.15, -0.1) is 0 Å². The van der Waals surface area contributed by atoms with Crippen LogP contribution in [0.3, 0.4) is 0 Å². The first-order chi connectivity index (χ1) is 22.9. The number of likely N-dealkylation sites (tertiary alicyclic amines) is 1. The van der Waals surface area contributed by atoms with Crippen molar-refractivity contribution in [3.05, 3.63) is 108 Å². The van der Waals surface area contributed by atoms with Crippen LogP contribution in [-0.4, -0.2) is 63.1 Å². The molecule has 0 radical (unpaired) electrons. The average Bonchev–Trinajstić information content (AvgIpc) is 3.25. The minimum Gasteiger partial charge on any atom is -0.496 e. The zero-order chi connectivity index (χ0) is 33.2. The number of nitrogens with two attached hydrogens (primary N) is 2. The highest BCUT2D eigenvalue weighted by Gasteiger charge is 2.33. The Morgan fingerprint density at radius 3 is 2.19 bits per heavy atom. The first-order valence-electron chi connectivity index (χ1n) is 16.3. The SMILES string of the molecule is COc1cc(C(=O)NCC2CCN(CC(c3ccccc3)c3ccccc3)C(=O)[C@H](CCCN=C(N)N)C2)c(OC)c2ccccc12. The lowest BCUT2D eigenvalue weighted by molar-refractivity contribution is -0.135. The van der Waals surface area contributed by atoms with Gasteiger partial charge in [-0.1, -0.05) is 84.9 Å². The van der Waals surface area contributed by atoms with Crippen LogP contribution in [0.15, 0.2) is 96.0 Å². The van der Waals surface area contributed by atoms with Crippen molar-refractivity contribution in [3.63, 3.8) is 0 Å². The molecule has 0 aromatic heterocycles. The van der Waals surface area contributed by atoms with E-state index in [1.54, 1.807) is 20.3 Å². The van der Waals surface area contributed by atoms with Crippen LogP contribution in [0, 0.1) is 11.8 Å². The number of nitrogens with zero attached hydrogens (tertiary/aromatic N) is 2. The van der Waals surface area contributed by atoms with Gasteiger partial charge in [-0.05, 0) is 48.8 Å². The molecule has 47 heavy (non-hydrogen) atoms. The number of hydrogen-bond donors (Lipinski definition) is 3. The van der Waals surface area contributed by atoms with Crippen molar-refractivity contribution in [3.8, 4) is 11.5 Å². The fourth-order valence-corrected chi connectivity index (χ4v) is 6.68. The van der Waals surface area contributed by atoms with Crippen LogP contribution in [-0.2, 0) is 4.79 Å². The molecule has 246 valence electrons. The van der Waals surface area contributed by atoms with E-state index in [0.29, 0.717) is 62.5 Å². The number of fused-ring (bicyclic) bond motifs is 1. The summed E-state index contributed by atoms with van der Waals surface area (Å²) >= 11 is 0. The third kappa shape index (κ3) is 8.22. The number of nitrogens with one attached hydrogen (secondary N) is 1. The van der Waals surface area contributed by atoms with E-state index in [-0.39, 0.29) is 35.5 Å². The number of aliphatic imine (C=N–C) groups is 1. The second-order valence-corrected chi connectivity index (χ2v) is 12.1. The van der Waals surface area contributed by atoms with Gasteiger partial charge < -0.3 is 31.2 Å². The van der Waals surface area contributed by atoms with E-state index < -0.39 is 0 Å². The lowest BCUT2D eigenvalue weighted by Gasteiger charge is -2.29. The standard InChI is InChI=1S/C38H45N5O4/c1-46-34-23-32(35(47-2)31-18-10-9-17-30(31)34)36(44)42-24-26-19-21-43(37(45)29(22-26)16-11-20-41-38(39)40)25-33(27-12-5-3-6-13-27)28-14-7-4-8-15-28/h3-10,12-15,17-18,23,26,29,33H,11,16,19-22,24-25H2,1-2H3,(H,42,44)(H4,39,40,41)/t26?,29-/m1/s1. The van der Waals surface area contributed by atoms with Crippen LogP contribution in [0.25, 0.3) is 10.8 Å². The molecule has 1 saturated heterocycles. The third-order valence-corrected chi connectivity index (χ3v) is 9.08. The molecular weight excluding hydrogens is 590 g/mol. The molecule has 1 aliphatic rings. The summed E-state index contributed by atoms with van der Waals surface area (Å²) < 4.78 is 11.3. The molecule has 1 fully saturated rings. The molecule has 2 amide bonds. The minimum atomic E-state index is -0.240. The van der Waals surface area contributed by atoms with E-state index >= 15 is 0 Å². The maximum absolute atomic E-state index is 14.2. The summed E-state index contributed by atoms with van der Waals surface area (Å²) in [5.74, 6) is 0.986. The summed E-state index contributed by atoms with van der Waals surface area (Å²) in [5, 5.41) is 4.83. The number of carbonyl (C=O) groups is 2. The van der Waals surface area contributed by atoms with Crippen molar-refractivity contribution >= 4 is 28.5 Å². The van der Waals surface area contributed by atoms with E-state index in [9.17, 15) is 9.59 Å². The lowest BCUT2D eigenvalue weighted by Crippen LogP contribution is -2.38. The van der Waals surface area contributed by atoms with Gasteiger partial charge in [-0.3, -0.25) is 14.6 Å². The summed E-state index contributed by atoms with van der Waals surface area (Å²) in [6, 6.07) is 30.1. The quantitative estimate of drug-likeness (QED) is 0.103. The molecule has 1 unspecified atom stereocenters. The molecule has 5 N–H and O–H groups in total. The largest absolute Gasteiger partial charge is 0.496 e. The Kier molecular flexibility index (Phi) is 11.3. The maximum Gasteiger partial charge on any atom is 0.255 e. The summed E-state index contributed by atoms with van der Waals surface area (Å²) in [5.41, 5.74) is 13.9. The van der Waals surface area contributed by atoms with Crippen LogP contribution in [0.1, 0.15) is 53.1 Å². The van der Waals surface area contributed by atoms with Crippen LogP contribution < -0.4 is 26.3 Å². The van der Waals surface area contributed by atoms with Crippen LogP contribution in [0.5, 0.6) is 11.5 Å². The Balaban J connectivity index is 1.36. The summed E-state index contributed by atoms with van der Waals surface area (Å²) in [4.78, 5) is 34.0. The number of hydrogen-bond acceptors (Lipinski definition) is 5. The highest BCUT2D eigenvalue weighted by molar-refractivity contribution is 6.06. The monoisotopic (exact) mass is 635 g/mol. The zero-order valence-electron chi connectivity index (χ0n) is 27.2. The molecule has 4 aromatic rings. The van der Waals surface area contributed by atoms with Crippen LogP contribution in [0.4, 0.5) is 0 Å². The molecular formula is C38H45N5O4. The lowest BCUT2D eigenvalue weighted by atomic mass is 9.89. The van der Waals surface area contributed by atoms with Crippen molar-refractivity contribution in [1.82, 2.24) is 10.2 Å².